The second-order valence-electron chi connectivity index (χ2n) is 5.39. The molecule has 1 saturated heterocycles. The Kier molecular flexibility index (Phi) is 4.77. The Morgan fingerprint density at radius 3 is 2.82 bits per heavy atom. The van der Waals surface area contributed by atoms with E-state index in [1.807, 2.05) is 12.1 Å². The zero-order valence-electron chi connectivity index (χ0n) is 12.0. The lowest BCUT2D eigenvalue weighted by Crippen LogP contribution is -2.07. The number of sulfone groups is 1. The highest BCUT2D eigenvalue weighted by Crippen LogP contribution is 2.24. The molecule has 0 spiro atoms. The summed E-state index contributed by atoms with van der Waals surface area (Å²) < 4.78 is 28.5. The van der Waals surface area contributed by atoms with Gasteiger partial charge in [-0.25, -0.2) is 8.42 Å². The predicted molar refractivity (Wildman–Crippen MR) is 83.4 cm³/mol. The van der Waals surface area contributed by atoms with Crippen molar-refractivity contribution in [1.29, 1.82) is 0 Å². The van der Waals surface area contributed by atoms with Gasteiger partial charge in [-0.3, -0.25) is 4.98 Å². The van der Waals surface area contributed by atoms with Crippen molar-refractivity contribution in [1.82, 2.24) is 15.2 Å². The number of aromatic nitrogens is 3. The van der Waals surface area contributed by atoms with E-state index in [1.54, 1.807) is 12.4 Å². The molecule has 0 bridgehead atoms. The van der Waals surface area contributed by atoms with E-state index in [1.165, 1.54) is 17.3 Å². The maximum atomic E-state index is 11.4. The SMILES string of the molecule is O=S1(=O)CCC(Cc2nnc(SCCc3ccncc3)o2)C1. The second-order valence-corrected chi connectivity index (χ2v) is 8.66. The smallest absolute Gasteiger partial charge is 0.276 e. The lowest BCUT2D eigenvalue weighted by molar-refractivity contribution is 0.389. The van der Waals surface area contributed by atoms with Crippen LogP contribution in [0, 0.1) is 5.92 Å². The summed E-state index contributed by atoms with van der Waals surface area (Å²) in [5.74, 6) is 2.01. The Labute approximate surface area is 133 Å². The Bertz CT molecular complexity index is 716. The molecule has 0 radical (unpaired) electrons. The van der Waals surface area contributed by atoms with Crippen LogP contribution in [-0.2, 0) is 22.7 Å². The first-order valence-electron chi connectivity index (χ1n) is 7.15. The highest BCUT2D eigenvalue weighted by Gasteiger charge is 2.29. The summed E-state index contributed by atoms with van der Waals surface area (Å²) in [4.78, 5) is 3.98. The van der Waals surface area contributed by atoms with E-state index < -0.39 is 9.84 Å². The lowest BCUT2D eigenvalue weighted by atomic mass is 10.1. The van der Waals surface area contributed by atoms with Gasteiger partial charge < -0.3 is 4.42 Å². The molecular formula is C14H17N3O3S2. The quantitative estimate of drug-likeness (QED) is 0.741. The molecule has 1 unspecified atom stereocenters. The van der Waals surface area contributed by atoms with Gasteiger partial charge in [-0.15, -0.1) is 10.2 Å². The van der Waals surface area contributed by atoms with Crippen LogP contribution in [0.25, 0.3) is 0 Å². The second kappa shape index (κ2) is 6.78. The van der Waals surface area contributed by atoms with Crippen LogP contribution in [0.2, 0.25) is 0 Å². The minimum Gasteiger partial charge on any atom is -0.416 e. The van der Waals surface area contributed by atoms with Crippen LogP contribution in [0.4, 0.5) is 0 Å². The average molecular weight is 339 g/mol. The van der Waals surface area contributed by atoms with Crippen molar-refractivity contribution >= 4 is 21.6 Å². The number of nitrogens with zero attached hydrogens (tertiary/aromatic N) is 3. The minimum atomic E-state index is -2.85. The number of hydrogen-bond donors (Lipinski definition) is 0. The first kappa shape index (κ1) is 15.5. The fourth-order valence-corrected chi connectivity index (χ4v) is 5.09. The topological polar surface area (TPSA) is 86.0 Å². The summed E-state index contributed by atoms with van der Waals surface area (Å²) in [6, 6.07) is 3.97. The average Bonchev–Trinajstić information content (AvgIpc) is 3.07. The Morgan fingerprint density at radius 2 is 2.09 bits per heavy atom. The molecule has 3 rings (SSSR count). The van der Waals surface area contributed by atoms with E-state index in [2.05, 4.69) is 15.2 Å². The number of aryl methyl sites for hydroxylation is 1. The monoisotopic (exact) mass is 339 g/mol. The molecule has 6 nitrogen and oxygen atoms in total. The van der Waals surface area contributed by atoms with E-state index in [0.29, 0.717) is 24.0 Å². The molecule has 3 heterocycles. The number of hydrogen-bond acceptors (Lipinski definition) is 7. The van der Waals surface area contributed by atoms with Crippen LogP contribution in [0.5, 0.6) is 0 Å². The van der Waals surface area contributed by atoms with Crippen molar-refractivity contribution in [2.75, 3.05) is 17.3 Å². The van der Waals surface area contributed by atoms with Gasteiger partial charge >= 0.3 is 0 Å². The van der Waals surface area contributed by atoms with Crippen LogP contribution in [0.15, 0.2) is 34.2 Å². The highest BCUT2D eigenvalue weighted by molar-refractivity contribution is 7.99. The van der Waals surface area contributed by atoms with Crippen LogP contribution in [0.3, 0.4) is 0 Å². The third-order valence-electron chi connectivity index (χ3n) is 3.60. The Hall–Kier alpha value is -1.41. The fraction of sp³-hybridized carbons (Fsp3) is 0.500. The molecular weight excluding hydrogens is 322 g/mol. The molecule has 118 valence electrons. The first-order chi connectivity index (χ1) is 10.6. The van der Waals surface area contributed by atoms with Gasteiger partial charge in [-0.1, -0.05) is 11.8 Å². The zero-order valence-corrected chi connectivity index (χ0v) is 13.6. The molecule has 1 fully saturated rings. The third-order valence-corrected chi connectivity index (χ3v) is 6.26. The van der Waals surface area contributed by atoms with Crippen molar-refractivity contribution < 1.29 is 12.8 Å². The summed E-state index contributed by atoms with van der Waals surface area (Å²) in [6.07, 6.45) is 5.71. The number of rotatable bonds is 6. The molecule has 2 aromatic rings. The maximum Gasteiger partial charge on any atom is 0.276 e. The Balaban J connectivity index is 1.47. The molecule has 1 atom stereocenters. The van der Waals surface area contributed by atoms with Crippen LogP contribution in [-0.4, -0.2) is 40.9 Å². The molecule has 0 amide bonds. The van der Waals surface area contributed by atoms with Crippen molar-refractivity contribution in [3.63, 3.8) is 0 Å². The summed E-state index contributed by atoms with van der Waals surface area (Å²) in [5.41, 5.74) is 1.22. The summed E-state index contributed by atoms with van der Waals surface area (Å²) >= 11 is 1.51. The van der Waals surface area contributed by atoms with Crippen molar-refractivity contribution in [3.05, 3.63) is 36.0 Å². The molecule has 0 aromatic carbocycles. The van der Waals surface area contributed by atoms with E-state index >= 15 is 0 Å². The zero-order chi connectivity index (χ0) is 15.4. The van der Waals surface area contributed by atoms with E-state index in [-0.39, 0.29) is 17.4 Å². The molecule has 0 N–H and O–H groups in total. The molecule has 0 saturated carbocycles. The lowest BCUT2D eigenvalue weighted by Gasteiger charge is -2.01. The minimum absolute atomic E-state index is 0.111. The van der Waals surface area contributed by atoms with Gasteiger partial charge in [0.15, 0.2) is 9.84 Å². The molecule has 22 heavy (non-hydrogen) atoms. The van der Waals surface area contributed by atoms with Gasteiger partial charge in [0, 0.05) is 24.6 Å². The summed E-state index contributed by atoms with van der Waals surface area (Å²) in [6.45, 7) is 0. The van der Waals surface area contributed by atoms with Gasteiger partial charge in [0.1, 0.15) is 0 Å². The maximum absolute atomic E-state index is 11.4. The van der Waals surface area contributed by atoms with E-state index in [9.17, 15) is 8.42 Å². The number of thioether (sulfide) groups is 1. The van der Waals surface area contributed by atoms with Crippen molar-refractivity contribution in [3.8, 4) is 0 Å². The van der Waals surface area contributed by atoms with Gasteiger partial charge in [-0.05, 0) is 36.5 Å². The van der Waals surface area contributed by atoms with E-state index in [4.69, 9.17) is 4.42 Å². The van der Waals surface area contributed by atoms with Gasteiger partial charge in [0.05, 0.1) is 11.5 Å². The molecule has 1 aliphatic heterocycles. The first-order valence-corrected chi connectivity index (χ1v) is 9.96. The van der Waals surface area contributed by atoms with Gasteiger partial charge in [0.2, 0.25) is 5.89 Å². The van der Waals surface area contributed by atoms with Crippen LogP contribution in [0.1, 0.15) is 17.9 Å². The molecule has 0 aliphatic carbocycles. The number of pyridine rings is 1. The third kappa shape index (κ3) is 4.30. The molecule has 1 aliphatic rings. The van der Waals surface area contributed by atoms with Crippen LogP contribution >= 0.6 is 11.8 Å². The van der Waals surface area contributed by atoms with Crippen molar-refractivity contribution in [2.45, 2.75) is 24.5 Å². The standard InChI is InChI=1S/C14H17N3O3S2/c18-22(19)8-4-12(10-22)9-13-16-17-14(20-13)21-7-3-11-1-5-15-6-2-11/h1-2,5-6,12H,3-4,7-10H2. The largest absolute Gasteiger partial charge is 0.416 e. The molecule has 2 aromatic heterocycles. The van der Waals surface area contributed by atoms with Crippen molar-refractivity contribution in [2.24, 2.45) is 5.92 Å². The van der Waals surface area contributed by atoms with Gasteiger partial charge in [0.25, 0.3) is 5.22 Å². The summed E-state index contributed by atoms with van der Waals surface area (Å²) in [5, 5.41) is 8.57. The van der Waals surface area contributed by atoms with Crippen LogP contribution < -0.4 is 0 Å². The fourth-order valence-electron chi connectivity index (χ4n) is 2.46. The summed E-state index contributed by atoms with van der Waals surface area (Å²) in [7, 11) is -2.85. The predicted octanol–water partition coefficient (Wildman–Crippen LogP) is 1.78. The molecule has 8 heteroatoms. The van der Waals surface area contributed by atoms with Gasteiger partial charge in [-0.2, -0.15) is 0 Å². The Morgan fingerprint density at radius 1 is 1.27 bits per heavy atom. The highest BCUT2D eigenvalue weighted by atomic mass is 32.2. The normalized spacial score (nSPS) is 20.3. The van der Waals surface area contributed by atoms with E-state index in [0.717, 1.165) is 12.2 Å².